The van der Waals surface area contributed by atoms with Crippen LogP contribution in [0.1, 0.15) is 29.4 Å². The molecule has 0 unspecified atom stereocenters. The molecular formula is C17H22N4OS. The Labute approximate surface area is 141 Å². The van der Waals surface area contributed by atoms with Gasteiger partial charge in [-0.05, 0) is 37.3 Å². The number of carbonyl (C=O) groups excluding carboxylic acids is 1. The van der Waals surface area contributed by atoms with Crippen molar-refractivity contribution in [1.29, 1.82) is 0 Å². The molecular weight excluding hydrogens is 308 g/mol. The standard InChI is InChI=1S/C17H22N4OS/c1-3-8-23-9-7-19-16(22)14-6-4-5-13(11-14)15-10-12(2)20-17(18)21-15/h4-6,10-11H,3,7-9H2,1-2H3,(H,19,22)(H2,18,20,21). The average molecular weight is 330 g/mol. The fraction of sp³-hybridized carbons (Fsp3) is 0.353. The summed E-state index contributed by atoms with van der Waals surface area (Å²) in [5, 5.41) is 2.94. The van der Waals surface area contributed by atoms with Gasteiger partial charge in [-0.25, -0.2) is 9.97 Å². The number of nitrogens with two attached hydrogens (primary N) is 1. The van der Waals surface area contributed by atoms with Crippen molar-refractivity contribution < 1.29 is 4.79 Å². The van der Waals surface area contributed by atoms with E-state index in [0.29, 0.717) is 12.1 Å². The molecule has 0 fully saturated rings. The van der Waals surface area contributed by atoms with Crippen LogP contribution < -0.4 is 11.1 Å². The number of hydrogen-bond donors (Lipinski definition) is 2. The number of rotatable bonds is 7. The highest BCUT2D eigenvalue weighted by Gasteiger charge is 2.08. The van der Waals surface area contributed by atoms with Crippen LogP contribution in [-0.2, 0) is 0 Å². The maximum absolute atomic E-state index is 12.2. The molecule has 0 aliphatic carbocycles. The molecule has 6 heteroatoms. The topological polar surface area (TPSA) is 80.9 Å². The summed E-state index contributed by atoms with van der Waals surface area (Å²) in [4.78, 5) is 20.5. The van der Waals surface area contributed by atoms with Crippen LogP contribution in [0.25, 0.3) is 11.3 Å². The van der Waals surface area contributed by atoms with Crippen molar-refractivity contribution in [3.8, 4) is 11.3 Å². The monoisotopic (exact) mass is 330 g/mol. The SMILES string of the molecule is CCCSCCNC(=O)c1cccc(-c2cc(C)nc(N)n2)c1. The second-order valence-corrected chi connectivity index (χ2v) is 6.43. The number of hydrogen-bond acceptors (Lipinski definition) is 5. The van der Waals surface area contributed by atoms with E-state index in [1.807, 2.05) is 43.0 Å². The van der Waals surface area contributed by atoms with E-state index in [1.54, 1.807) is 6.07 Å². The van der Waals surface area contributed by atoms with Crippen molar-refractivity contribution in [2.45, 2.75) is 20.3 Å². The maximum Gasteiger partial charge on any atom is 0.251 e. The summed E-state index contributed by atoms with van der Waals surface area (Å²) in [5.41, 5.74) is 8.70. The highest BCUT2D eigenvalue weighted by Crippen LogP contribution is 2.19. The number of aryl methyl sites for hydroxylation is 1. The van der Waals surface area contributed by atoms with E-state index in [2.05, 4.69) is 22.2 Å². The molecule has 0 radical (unpaired) electrons. The first kappa shape index (κ1) is 17.3. The Kier molecular flexibility index (Phi) is 6.40. The molecule has 0 aliphatic rings. The van der Waals surface area contributed by atoms with Crippen molar-refractivity contribution in [3.63, 3.8) is 0 Å². The second kappa shape index (κ2) is 8.53. The van der Waals surface area contributed by atoms with Crippen LogP contribution >= 0.6 is 11.8 Å². The zero-order valence-electron chi connectivity index (χ0n) is 13.5. The Bertz CT molecular complexity index is 655. The summed E-state index contributed by atoms with van der Waals surface area (Å²) in [6.07, 6.45) is 1.15. The molecule has 5 nitrogen and oxygen atoms in total. The lowest BCUT2D eigenvalue weighted by atomic mass is 10.1. The van der Waals surface area contributed by atoms with Gasteiger partial charge in [-0.15, -0.1) is 0 Å². The lowest BCUT2D eigenvalue weighted by molar-refractivity contribution is 0.0956. The van der Waals surface area contributed by atoms with Crippen molar-refractivity contribution in [1.82, 2.24) is 15.3 Å². The number of nitrogens with one attached hydrogen (secondary N) is 1. The molecule has 0 aliphatic heterocycles. The Morgan fingerprint density at radius 2 is 2.09 bits per heavy atom. The minimum Gasteiger partial charge on any atom is -0.368 e. The van der Waals surface area contributed by atoms with E-state index in [-0.39, 0.29) is 11.9 Å². The van der Waals surface area contributed by atoms with Gasteiger partial charge in [0, 0.05) is 29.1 Å². The number of nitrogen functional groups attached to an aromatic ring is 1. The van der Waals surface area contributed by atoms with Crippen LogP contribution in [0.2, 0.25) is 0 Å². The quantitative estimate of drug-likeness (QED) is 0.763. The van der Waals surface area contributed by atoms with E-state index in [4.69, 9.17) is 5.73 Å². The predicted octanol–water partition coefficient (Wildman–Crippen LogP) is 2.91. The molecule has 122 valence electrons. The second-order valence-electron chi connectivity index (χ2n) is 5.20. The van der Waals surface area contributed by atoms with E-state index >= 15 is 0 Å². The first-order valence-corrected chi connectivity index (χ1v) is 8.83. The molecule has 3 N–H and O–H groups in total. The van der Waals surface area contributed by atoms with Crippen LogP contribution in [0.5, 0.6) is 0 Å². The van der Waals surface area contributed by atoms with E-state index in [0.717, 1.165) is 34.9 Å². The third-order valence-electron chi connectivity index (χ3n) is 3.17. The molecule has 1 amide bonds. The van der Waals surface area contributed by atoms with Crippen molar-refractivity contribution in [2.24, 2.45) is 0 Å². The zero-order valence-corrected chi connectivity index (χ0v) is 14.3. The number of aromatic nitrogens is 2. The van der Waals surface area contributed by atoms with Gasteiger partial charge in [0.1, 0.15) is 0 Å². The summed E-state index contributed by atoms with van der Waals surface area (Å²) >= 11 is 1.85. The van der Waals surface area contributed by atoms with Crippen LogP contribution in [0.15, 0.2) is 30.3 Å². The van der Waals surface area contributed by atoms with Crippen LogP contribution in [0.4, 0.5) is 5.95 Å². The first-order chi connectivity index (χ1) is 11.1. The van der Waals surface area contributed by atoms with Gasteiger partial charge in [0.2, 0.25) is 5.95 Å². The van der Waals surface area contributed by atoms with Gasteiger partial charge in [-0.2, -0.15) is 11.8 Å². The molecule has 1 aromatic carbocycles. The van der Waals surface area contributed by atoms with E-state index in [9.17, 15) is 4.79 Å². The molecule has 0 atom stereocenters. The fourth-order valence-electron chi connectivity index (χ4n) is 2.14. The van der Waals surface area contributed by atoms with Crippen molar-refractivity contribution in [3.05, 3.63) is 41.6 Å². The Hall–Kier alpha value is -2.08. The number of benzene rings is 1. The molecule has 0 saturated heterocycles. The Morgan fingerprint density at radius 3 is 2.83 bits per heavy atom. The molecule has 1 heterocycles. The van der Waals surface area contributed by atoms with Gasteiger partial charge in [0.25, 0.3) is 5.91 Å². The van der Waals surface area contributed by atoms with Gasteiger partial charge in [0.05, 0.1) is 5.69 Å². The fourth-order valence-corrected chi connectivity index (χ4v) is 2.88. The normalized spacial score (nSPS) is 10.5. The Balaban J connectivity index is 2.05. The molecule has 0 spiro atoms. The molecule has 0 bridgehead atoms. The summed E-state index contributed by atoms with van der Waals surface area (Å²) < 4.78 is 0. The minimum absolute atomic E-state index is 0.0669. The number of amides is 1. The van der Waals surface area contributed by atoms with E-state index in [1.165, 1.54) is 0 Å². The summed E-state index contributed by atoms with van der Waals surface area (Å²) in [6.45, 7) is 4.69. The lowest BCUT2D eigenvalue weighted by Crippen LogP contribution is -2.25. The highest BCUT2D eigenvalue weighted by molar-refractivity contribution is 7.99. The van der Waals surface area contributed by atoms with Gasteiger partial charge in [-0.1, -0.05) is 19.1 Å². The van der Waals surface area contributed by atoms with Crippen LogP contribution in [-0.4, -0.2) is 33.9 Å². The molecule has 23 heavy (non-hydrogen) atoms. The number of nitrogens with zero attached hydrogens (tertiary/aromatic N) is 2. The highest BCUT2D eigenvalue weighted by atomic mass is 32.2. The summed E-state index contributed by atoms with van der Waals surface area (Å²) in [7, 11) is 0. The van der Waals surface area contributed by atoms with Gasteiger partial charge in [-0.3, -0.25) is 4.79 Å². The largest absolute Gasteiger partial charge is 0.368 e. The van der Waals surface area contributed by atoms with Crippen molar-refractivity contribution in [2.75, 3.05) is 23.8 Å². The van der Waals surface area contributed by atoms with Gasteiger partial charge < -0.3 is 11.1 Å². The molecule has 2 rings (SSSR count). The average Bonchev–Trinajstić information content (AvgIpc) is 2.53. The van der Waals surface area contributed by atoms with Crippen molar-refractivity contribution >= 4 is 23.6 Å². The molecule has 0 saturated carbocycles. The maximum atomic E-state index is 12.2. The zero-order chi connectivity index (χ0) is 16.7. The third kappa shape index (κ3) is 5.25. The lowest BCUT2D eigenvalue weighted by Gasteiger charge is -2.07. The molecule has 1 aromatic heterocycles. The van der Waals surface area contributed by atoms with Gasteiger partial charge >= 0.3 is 0 Å². The number of carbonyl (C=O) groups is 1. The van der Waals surface area contributed by atoms with E-state index < -0.39 is 0 Å². The smallest absolute Gasteiger partial charge is 0.251 e. The summed E-state index contributed by atoms with van der Waals surface area (Å²) in [6, 6.07) is 9.25. The van der Waals surface area contributed by atoms with Gasteiger partial charge in [0.15, 0.2) is 0 Å². The van der Waals surface area contributed by atoms with Crippen LogP contribution in [0, 0.1) is 6.92 Å². The first-order valence-electron chi connectivity index (χ1n) is 7.67. The Morgan fingerprint density at radius 1 is 1.26 bits per heavy atom. The molecule has 2 aromatic rings. The summed E-state index contributed by atoms with van der Waals surface area (Å²) in [5.74, 6) is 2.23. The van der Waals surface area contributed by atoms with Crippen LogP contribution in [0.3, 0.4) is 0 Å². The predicted molar refractivity (Wildman–Crippen MR) is 96.6 cm³/mol. The minimum atomic E-state index is -0.0669. The number of thioether (sulfide) groups is 1. The number of anilines is 1. The third-order valence-corrected chi connectivity index (χ3v) is 4.36.